The van der Waals surface area contributed by atoms with Gasteiger partial charge in [0, 0.05) is 50.0 Å². The molecule has 1 spiro atoms. The maximum Gasteiger partial charge on any atom is 0.230 e. The Bertz CT molecular complexity index is 1070. The molecule has 0 bridgehead atoms. The van der Waals surface area contributed by atoms with Gasteiger partial charge in [-0.15, -0.1) is 0 Å². The zero-order valence-corrected chi connectivity index (χ0v) is 18.2. The molecule has 0 N–H and O–H groups in total. The van der Waals surface area contributed by atoms with Gasteiger partial charge in [0.1, 0.15) is 5.82 Å². The first-order chi connectivity index (χ1) is 15.0. The number of rotatable bonds is 4. The van der Waals surface area contributed by atoms with Crippen molar-refractivity contribution in [3.63, 3.8) is 0 Å². The third-order valence-electron chi connectivity index (χ3n) is 6.58. The molecule has 7 heteroatoms. The van der Waals surface area contributed by atoms with Crippen molar-refractivity contribution in [2.75, 3.05) is 18.0 Å². The van der Waals surface area contributed by atoms with Gasteiger partial charge in [-0.2, -0.15) is 5.10 Å². The van der Waals surface area contributed by atoms with Crippen LogP contribution in [0, 0.1) is 13.8 Å². The van der Waals surface area contributed by atoms with Crippen LogP contribution < -0.4 is 4.90 Å². The molecule has 3 aromatic rings. The van der Waals surface area contributed by atoms with Crippen LogP contribution in [0.5, 0.6) is 0 Å². The van der Waals surface area contributed by atoms with Crippen LogP contribution in [0.1, 0.15) is 41.8 Å². The van der Waals surface area contributed by atoms with Crippen LogP contribution in [-0.4, -0.2) is 43.6 Å². The van der Waals surface area contributed by atoms with Crippen LogP contribution in [0.2, 0.25) is 0 Å². The summed E-state index contributed by atoms with van der Waals surface area (Å²) in [5.41, 5.74) is 4.08. The lowest BCUT2D eigenvalue weighted by atomic mass is 9.82. The fraction of sp³-hybridized carbons (Fsp3) is 0.417. The van der Waals surface area contributed by atoms with Gasteiger partial charge in [0.05, 0.1) is 24.2 Å². The summed E-state index contributed by atoms with van der Waals surface area (Å²) in [4.78, 5) is 26.1. The van der Waals surface area contributed by atoms with Crippen molar-refractivity contribution in [1.29, 1.82) is 0 Å². The Hall–Kier alpha value is -3.06. The van der Waals surface area contributed by atoms with Gasteiger partial charge in [0.15, 0.2) is 0 Å². The molecule has 1 saturated heterocycles. The third kappa shape index (κ3) is 3.85. The lowest BCUT2D eigenvalue weighted by Gasteiger charge is -2.46. The highest BCUT2D eigenvalue weighted by Gasteiger charge is 2.46. The highest BCUT2D eigenvalue weighted by atomic mass is 16.2. The van der Waals surface area contributed by atoms with Gasteiger partial charge in [-0.3, -0.25) is 24.6 Å². The van der Waals surface area contributed by atoms with Gasteiger partial charge in [-0.25, -0.2) is 4.68 Å². The fourth-order valence-electron chi connectivity index (χ4n) is 4.81. The Labute approximate surface area is 182 Å². The molecule has 7 nitrogen and oxygen atoms in total. The van der Waals surface area contributed by atoms with E-state index in [2.05, 4.69) is 31.7 Å². The van der Waals surface area contributed by atoms with Crippen molar-refractivity contribution in [2.24, 2.45) is 0 Å². The number of aryl methyl sites for hydroxylation is 2. The quantitative estimate of drug-likeness (QED) is 0.653. The predicted octanol–water partition coefficient (Wildman–Crippen LogP) is 3.22. The molecule has 0 atom stereocenters. The number of carbonyl (C=O) groups is 1. The minimum atomic E-state index is -0.225. The highest BCUT2D eigenvalue weighted by molar-refractivity contribution is 5.94. The molecule has 2 aliphatic rings. The van der Waals surface area contributed by atoms with Crippen molar-refractivity contribution in [3.8, 4) is 0 Å². The SMILES string of the molecule is Cc1ccc(CN2CCC3(CC2)CC(=O)N(Cc2ccncc2)c2cc(C)nn23)cn1. The summed E-state index contributed by atoms with van der Waals surface area (Å²) in [6.07, 6.45) is 7.87. The average molecular weight is 417 g/mol. The summed E-state index contributed by atoms with van der Waals surface area (Å²) in [5, 5.41) is 4.86. The summed E-state index contributed by atoms with van der Waals surface area (Å²) >= 11 is 0. The van der Waals surface area contributed by atoms with Crippen molar-refractivity contribution in [3.05, 3.63) is 71.4 Å². The van der Waals surface area contributed by atoms with Crippen molar-refractivity contribution < 1.29 is 4.79 Å². The topological polar surface area (TPSA) is 67.2 Å². The molecule has 160 valence electrons. The average Bonchev–Trinajstić information content (AvgIpc) is 3.18. The first-order valence-corrected chi connectivity index (χ1v) is 10.9. The third-order valence-corrected chi connectivity index (χ3v) is 6.58. The molecule has 5 rings (SSSR count). The molecule has 5 heterocycles. The summed E-state index contributed by atoms with van der Waals surface area (Å²) < 4.78 is 2.15. The number of pyridine rings is 2. The summed E-state index contributed by atoms with van der Waals surface area (Å²) in [6, 6.07) is 10.2. The van der Waals surface area contributed by atoms with E-state index in [0.717, 1.165) is 55.2 Å². The number of piperidine rings is 1. The van der Waals surface area contributed by atoms with Crippen LogP contribution >= 0.6 is 0 Å². The lowest BCUT2D eigenvalue weighted by molar-refractivity contribution is -0.123. The maximum atomic E-state index is 13.3. The van der Waals surface area contributed by atoms with E-state index in [-0.39, 0.29) is 11.4 Å². The van der Waals surface area contributed by atoms with Crippen molar-refractivity contribution >= 4 is 11.7 Å². The Balaban J connectivity index is 1.35. The van der Waals surface area contributed by atoms with E-state index in [9.17, 15) is 4.79 Å². The Morgan fingerprint density at radius 3 is 2.45 bits per heavy atom. The molecule has 3 aromatic heterocycles. The zero-order chi connectivity index (χ0) is 21.4. The number of amides is 1. The van der Waals surface area contributed by atoms with Crippen LogP contribution in [0.15, 0.2) is 48.9 Å². The molecular weight excluding hydrogens is 388 g/mol. The minimum Gasteiger partial charge on any atom is -0.299 e. The Kier molecular flexibility index (Phi) is 5.06. The van der Waals surface area contributed by atoms with Gasteiger partial charge in [-0.1, -0.05) is 6.07 Å². The predicted molar refractivity (Wildman–Crippen MR) is 118 cm³/mol. The smallest absolute Gasteiger partial charge is 0.230 e. The normalized spacial score (nSPS) is 18.4. The number of nitrogens with zero attached hydrogens (tertiary/aromatic N) is 6. The molecule has 1 amide bonds. The second-order valence-corrected chi connectivity index (χ2v) is 8.88. The highest BCUT2D eigenvalue weighted by Crippen LogP contribution is 2.42. The van der Waals surface area contributed by atoms with E-state index in [4.69, 9.17) is 5.10 Å². The fourth-order valence-corrected chi connectivity index (χ4v) is 4.81. The van der Waals surface area contributed by atoms with Gasteiger partial charge < -0.3 is 0 Å². The number of aromatic nitrogens is 4. The van der Waals surface area contributed by atoms with Crippen LogP contribution in [-0.2, 0) is 23.4 Å². The molecule has 2 aliphatic heterocycles. The number of fused-ring (bicyclic) bond motifs is 2. The summed E-state index contributed by atoms with van der Waals surface area (Å²) in [7, 11) is 0. The number of hydrogen-bond acceptors (Lipinski definition) is 5. The van der Waals surface area contributed by atoms with E-state index in [1.807, 2.05) is 43.1 Å². The number of carbonyl (C=O) groups excluding carboxylic acids is 1. The number of likely N-dealkylation sites (tertiary alicyclic amines) is 1. The standard InChI is InChI=1S/C24H28N6O/c1-18-3-4-21(15-26-18)16-28-11-7-24(8-12-28)14-23(31)29(17-20-5-9-25-10-6-20)22-13-19(2)27-30(22)24/h3-6,9-10,13,15H,7-8,11-12,14,16-17H2,1-2H3. The zero-order valence-electron chi connectivity index (χ0n) is 18.2. The van der Waals surface area contributed by atoms with Gasteiger partial charge in [0.2, 0.25) is 5.91 Å². The molecule has 0 saturated carbocycles. The van der Waals surface area contributed by atoms with Gasteiger partial charge in [0.25, 0.3) is 0 Å². The van der Waals surface area contributed by atoms with E-state index in [1.165, 1.54) is 5.56 Å². The first kappa shape index (κ1) is 19.9. The largest absolute Gasteiger partial charge is 0.299 e. The summed E-state index contributed by atoms with van der Waals surface area (Å²) in [6.45, 7) is 7.36. The molecule has 0 aliphatic carbocycles. The van der Waals surface area contributed by atoms with Gasteiger partial charge in [-0.05, 0) is 56.0 Å². The monoisotopic (exact) mass is 416 g/mol. The van der Waals surface area contributed by atoms with Crippen LogP contribution in [0.25, 0.3) is 0 Å². The second-order valence-electron chi connectivity index (χ2n) is 8.88. The molecule has 0 unspecified atom stereocenters. The molecular formula is C24H28N6O. The lowest BCUT2D eigenvalue weighted by Crippen LogP contribution is -2.53. The molecule has 1 fully saturated rings. The van der Waals surface area contributed by atoms with Crippen molar-refractivity contribution in [2.45, 2.75) is 51.7 Å². The van der Waals surface area contributed by atoms with Crippen molar-refractivity contribution in [1.82, 2.24) is 24.6 Å². The molecule has 0 aromatic carbocycles. The van der Waals surface area contributed by atoms with E-state index >= 15 is 0 Å². The number of anilines is 1. The van der Waals surface area contributed by atoms with E-state index < -0.39 is 0 Å². The molecule has 31 heavy (non-hydrogen) atoms. The second kappa shape index (κ2) is 7.89. The maximum absolute atomic E-state index is 13.3. The van der Waals surface area contributed by atoms with E-state index in [0.29, 0.717) is 13.0 Å². The molecule has 0 radical (unpaired) electrons. The Morgan fingerprint density at radius 1 is 0.968 bits per heavy atom. The van der Waals surface area contributed by atoms with Gasteiger partial charge >= 0.3 is 0 Å². The summed E-state index contributed by atoms with van der Waals surface area (Å²) in [5.74, 6) is 1.10. The minimum absolute atomic E-state index is 0.181. The van der Waals surface area contributed by atoms with E-state index in [1.54, 1.807) is 12.4 Å². The van der Waals surface area contributed by atoms with Crippen LogP contribution in [0.3, 0.4) is 0 Å². The van der Waals surface area contributed by atoms with Crippen LogP contribution in [0.4, 0.5) is 5.82 Å². The number of hydrogen-bond donors (Lipinski definition) is 0. The first-order valence-electron chi connectivity index (χ1n) is 10.9. The Morgan fingerprint density at radius 2 is 1.74 bits per heavy atom.